The van der Waals surface area contributed by atoms with Gasteiger partial charge in [0.1, 0.15) is 11.9 Å². The number of hydrogen-bond donors (Lipinski definition) is 0. The predicted octanol–water partition coefficient (Wildman–Crippen LogP) is 4.28. The topological polar surface area (TPSA) is 35.9 Å². The van der Waals surface area contributed by atoms with Crippen LogP contribution in [0.1, 0.15) is 31.2 Å². The first-order valence-corrected chi connectivity index (χ1v) is 9.58. The number of amides is 1. The molecule has 1 amide bonds. The summed E-state index contributed by atoms with van der Waals surface area (Å²) in [7, 11) is 0. The number of hydrazone groups is 1. The van der Waals surface area contributed by atoms with Gasteiger partial charge in [-0.1, -0.05) is 23.7 Å². The van der Waals surface area contributed by atoms with Crippen molar-refractivity contribution in [2.24, 2.45) is 5.10 Å². The summed E-state index contributed by atoms with van der Waals surface area (Å²) >= 11 is 11.8. The second-order valence-corrected chi connectivity index (χ2v) is 7.84. The largest absolute Gasteiger partial charge is 0.432 e. The molecule has 0 saturated carbocycles. The van der Waals surface area contributed by atoms with Gasteiger partial charge in [-0.2, -0.15) is 18.3 Å². The summed E-state index contributed by atoms with van der Waals surface area (Å²) < 4.78 is 38.8. The molecule has 1 fully saturated rings. The maximum atomic E-state index is 12.9. The third-order valence-electron chi connectivity index (χ3n) is 5.17. The molecule has 148 valence electrons. The van der Waals surface area contributed by atoms with E-state index in [1.165, 1.54) is 5.56 Å². The van der Waals surface area contributed by atoms with Crippen LogP contribution >= 0.6 is 23.2 Å². The Morgan fingerprint density at radius 3 is 2.33 bits per heavy atom. The van der Waals surface area contributed by atoms with E-state index in [2.05, 4.69) is 5.10 Å². The summed E-state index contributed by atoms with van der Waals surface area (Å²) in [5.41, 5.74) is 0.148. The van der Waals surface area contributed by atoms with Gasteiger partial charge in [0.2, 0.25) is 5.91 Å². The minimum atomic E-state index is -4.59. The molecule has 2 unspecified atom stereocenters. The number of likely N-dealkylation sites (tertiary alicyclic amines) is 1. The molecule has 9 heteroatoms. The number of nitrogens with zero attached hydrogens (tertiary/aromatic N) is 3. The summed E-state index contributed by atoms with van der Waals surface area (Å²) in [4.78, 5) is 14.2. The van der Waals surface area contributed by atoms with Crippen LogP contribution in [-0.4, -0.2) is 58.8 Å². The molecule has 0 bridgehead atoms. The summed E-state index contributed by atoms with van der Waals surface area (Å²) in [5.74, 6) is 0.117. The van der Waals surface area contributed by atoms with Crippen molar-refractivity contribution >= 4 is 34.8 Å². The molecule has 0 aromatic heterocycles. The van der Waals surface area contributed by atoms with Crippen LogP contribution in [0.15, 0.2) is 29.4 Å². The second-order valence-electron chi connectivity index (χ2n) is 6.93. The summed E-state index contributed by atoms with van der Waals surface area (Å²) in [6.45, 7) is 2.47. The van der Waals surface area contributed by atoms with Crippen LogP contribution in [0.4, 0.5) is 13.2 Å². The number of hydrogen-bond acceptors (Lipinski definition) is 3. The van der Waals surface area contributed by atoms with Gasteiger partial charge in [-0.25, -0.2) is 0 Å². The first-order chi connectivity index (χ1) is 12.7. The van der Waals surface area contributed by atoms with Crippen LogP contribution in [0.2, 0.25) is 5.02 Å². The monoisotopic (exact) mass is 421 g/mol. The fourth-order valence-electron chi connectivity index (χ4n) is 3.49. The Labute approximate surface area is 165 Å². The van der Waals surface area contributed by atoms with Gasteiger partial charge in [0.15, 0.2) is 5.71 Å². The Bertz CT molecular complexity index is 716. The molecule has 0 N–H and O–H groups in total. The maximum absolute atomic E-state index is 12.9. The fourth-order valence-corrected chi connectivity index (χ4v) is 3.92. The minimum absolute atomic E-state index is 0.199. The number of halogens is 5. The van der Waals surface area contributed by atoms with Crippen LogP contribution in [0.3, 0.4) is 0 Å². The molecule has 4 nitrogen and oxygen atoms in total. The van der Waals surface area contributed by atoms with E-state index in [0.29, 0.717) is 24.0 Å². The first-order valence-electron chi connectivity index (χ1n) is 8.76. The second kappa shape index (κ2) is 7.87. The fraction of sp³-hybridized carbons (Fsp3) is 0.556. The molecule has 0 radical (unpaired) electrons. The Hall–Kier alpha value is -1.47. The SMILES string of the molecule is CC1C(Cl)C(C(F)(F)F)=NN1CC(=O)N1CCC(c2ccc(Cl)cc2)CC1. The standard InChI is InChI=1S/C18H20Cl2F3N3O/c1-11-16(20)17(18(21,22)23)24-26(11)10-15(27)25-8-6-13(7-9-25)12-2-4-14(19)5-3-12/h2-5,11,13,16H,6-10H2,1H3. The molecule has 2 aliphatic rings. The zero-order valence-corrected chi connectivity index (χ0v) is 16.2. The van der Waals surface area contributed by atoms with Crippen LogP contribution in [0.5, 0.6) is 0 Å². The molecule has 27 heavy (non-hydrogen) atoms. The highest BCUT2D eigenvalue weighted by Gasteiger charge is 2.48. The molecule has 1 aromatic carbocycles. The molecule has 1 saturated heterocycles. The molecular formula is C18H20Cl2F3N3O. The molecule has 2 heterocycles. The average molecular weight is 422 g/mol. The van der Waals surface area contributed by atoms with Gasteiger partial charge in [0.25, 0.3) is 0 Å². The van der Waals surface area contributed by atoms with Gasteiger partial charge in [-0.3, -0.25) is 9.80 Å². The minimum Gasteiger partial charge on any atom is -0.341 e. The van der Waals surface area contributed by atoms with Crippen molar-refractivity contribution in [2.75, 3.05) is 19.6 Å². The van der Waals surface area contributed by atoms with Gasteiger partial charge >= 0.3 is 6.18 Å². The molecule has 2 atom stereocenters. The van der Waals surface area contributed by atoms with Crippen molar-refractivity contribution in [2.45, 2.75) is 43.3 Å². The van der Waals surface area contributed by atoms with Crippen molar-refractivity contribution in [3.05, 3.63) is 34.9 Å². The molecule has 0 aliphatic carbocycles. The number of benzene rings is 1. The third-order valence-corrected chi connectivity index (χ3v) is 5.99. The van der Waals surface area contributed by atoms with Gasteiger partial charge < -0.3 is 4.90 Å². The van der Waals surface area contributed by atoms with Crippen LogP contribution in [0.25, 0.3) is 0 Å². The van der Waals surface area contributed by atoms with Gasteiger partial charge in [-0.05, 0) is 43.4 Å². The van der Waals surface area contributed by atoms with Gasteiger partial charge in [0.05, 0.1) is 6.04 Å². The predicted molar refractivity (Wildman–Crippen MR) is 99.3 cm³/mol. The third kappa shape index (κ3) is 4.51. The number of piperidine rings is 1. The molecule has 3 rings (SSSR count). The lowest BCUT2D eigenvalue weighted by Gasteiger charge is -2.33. The number of alkyl halides is 4. The summed E-state index contributed by atoms with van der Waals surface area (Å²) in [5, 5.41) is 4.12. The quantitative estimate of drug-likeness (QED) is 0.682. The summed E-state index contributed by atoms with van der Waals surface area (Å²) in [6.07, 6.45) is -2.98. The van der Waals surface area contributed by atoms with Crippen LogP contribution < -0.4 is 0 Å². The maximum Gasteiger partial charge on any atom is 0.432 e. The zero-order chi connectivity index (χ0) is 19.8. The Morgan fingerprint density at radius 2 is 1.81 bits per heavy atom. The molecule has 1 aromatic rings. The van der Waals surface area contributed by atoms with E-state index < -0.39 is 23.3 Å². The molecule has 2 aliphatic heterocycles. The zero-order valence-electron chi connectivity index (χ0n) is 14.7. The van der Waals surface area contributed by atoms with E-state index in [1.807, 2.05) is 24.3 Å². The van der Waals surface area contributed by atoms with E-state index in [4.69, 9.17) is 23.2 Å². The first kappa shape index (κ1) is 20.3. The Morgan fingerprint density at radius 1 is 1.22 bits per heavy atom. The van der Waals surface area contributed by atoms with Crippen molar-refractivity contribution in [1.29, 1.82) is 0 Å². The lowest BCUT2D eigenvalue weighted by Crippen LogP contribution is -2.44. The Kier molecular flexibility index (Phi) is 5.91. The van der Waals surface area contributed by atoms with Crippen molar-refractivity contribution in [1.82, 2.24) is 9.91 Å². The highest BCUT2D eigenvalue weighted by atomic mass is 35.5. The van der Waals surface area contributed by atoms with Crippen LogP contribution in [0, 0.1) is 0 Å². The van der Waals surface area contributed by atoms with E-state index in [-0.39, 0.29) is 12.5 Å². The lowest BCUT2D eigenvalue weighted by molar-refractivity contribution is -0.133. The molecular weight excluding hydrogens is 402 g/mol. The average Bonchev–Trinajstić information content (AvgIpc) is 2.91. The van der Waals surface area contributed by atoms with Gasteiger partial charge in [0, 0.05) is 18.1 Å². The highest BCUT2D eigenvalue weighted by molar-refractivity contribution is 6.34. The van der Waals surface area contributed by atoms with Crippen molar-refractivity contribution in [3.8, 4) is 0 Å². The summed E-state index contributed by atoms with van der Waals surface area (Å²) in [6, 6.07) is 7.00. The van der Waals surface area contributed by atoms with E-state index in [1.54, 1.807) is 11.8 Å². The van der Waals surface area contributed by atoms with Crippen molar-refractivity contribution in [3.63, 3.8) is 0 Å². The van der Waals surface area contributed by atoms with E-state index >= 15 is 0 Å². The normalized spacial score (nSPS) is 24.3. The number of carbonyl (C=O) groups is 1. The van der Waals surface area contributed by atoms with Crippen LogP contribution in [-0.2, 0) is 4.79 Å². The highest BCUT2D eigenvalue weighted by Crippen LogP contribution is 2.32. The smallest absolute Gasteiger partial charge is 0.341 e. The van der Waals surface area contributed by atoms with Gasteiger partial charge in [-0.15, -0.1) is 11.6 Å². The lowest BCUT2D eigenvalue weighted by atomic mass is 9.89. The van der Waals surface area contributed by atoms with Crippen molar-refractivity contribution < 1.29 is 18.0 Å². The van der Waals surface area contributed by atoms with E-state index in [0.717, 1.165) is 17.9 Å². The molecule has 0 spiro atoms. The van der Waals surface area contributed by atoms with E-state index in [9.17, 15) is 18.0 Å². The number of rotatable bonds is 3. The number of carbonyl (C=O) groups excluding carboxylic acids is 1. The Balaban J connectivity index is 1.57.